The van der Waals surface area contributed by atoms with Gasteiger partial charge in [-0.25, -0.2) is 0 Å². The van der Waals surface area contributed by atoms with Crippen molar-refractivity contribution in [3.8, 4) is 11.5 Å². The molecule has 0 saturated heterocycles. The number of nitrogens with one attached hydrogen (secondary N) is 1. The van der Waals surface area contributed by atoms with Gasteiger partial charge in [0.1, 0.15) is 0 Å². The van der Waals surface area contributed by atoms with Gasteiger partial charge in [-0.15, -0.1) is 0 Å². The fourth-order valence-corrected chi connectivity index (χ4v) is 2.04. The molecule has 5 nitrogen and oxygen atoms in total. The Hall–Kier alpha value is -2.53. The first kappa shape index (κ1) is 13.5. The van der Waals surface area contributed by atoms with Crippen LogP contribution in [0.15, 0.2) is 59.4 Å². The number of aromatic nitrogens is 3. The average Bonchev–Trinajstić information content (AvgIpc) is 3.03. The predicted molar refractivity (Wildman–Crippen MR) is 79.2 cm³/mol. The highest BCUT2D eigenvalue weighted by Gasteiger charge is 2.10. The molecule has 0 spiro atoms. The second kappa shape index (κ2) is 6.28. The number of hydrogen-bond acceptors (Lipinski definition) is 5. The Labute approximate surface area is 123 Å². The molecule has 21 heavy (non-hydrogen) atoms. The monoisotopic (exact) mass is 280 g/mol. The normalized spacial score (nSPS) is 12.2. The summed E-state index contributed by atoms with van der Waals surface area (Å²) in [6, 6.07) is 13.9. The van der Waals surface area contributed by atoms with E-state index in [4.69, 9.17) is 4.52 Å². The van der Waals surface area contributed by atoms with Crippen molar-refractivity contribution in [2.45, 2.75) is 19.5 Å². The molecule has 0 fully saturated rings. The number of benzene rings is 1. The van der Waals surface area contributed by atoms with E-state index in [1.807, 2.05) is 42.5 Å². The van der Waals surface area contributed by atoms with E-state index in [1.54, 1.807) is 12.4 Å². The third-order valence-corrected chi connectivity index (χ3v) is 3.26. The summed E-state index contributed by atoms with van der Waals surface area (Å²) in [5, 5.41) is 7.36. The highest BCUT2D eigenvalue weighted by atomic mass is 16.5. The topological polar surface area (TPSA) is 63.8 Å². The molecule has 3 aromatic rings. The molecular weight excluding hydrogens is 264 g/mol. The summed E-state index contributed by atoms with van der Waals surface area (Å²) in [5.74, 6) is 1.19. The molecule has 3 rings (SSSR count). The van der Waals surface area contributed by atoms with E-state index >= 15 is 0 Å². The summed E-state index contributed by atoms with van der Waals surface area (Å²) in [5.41, 5.74) is 2.11. The van der Waals surface area contributed by atoms with Crippen LogP contribution in [-0.4, -0.2) is 15.1 Å². The summed E-state index contributed by atoms with van der Waals surface area (Å²) in [6.45, 7) is 2.65. The van der Waals surface area contributed by atoms with Crippen LogP contribution in [0.1, 0.15) is 24.4 Å². The van der Waals surface area contributed by atoms with Crippen LogP contribution < -0.4 is 5.32 Å². The minimum absolute atomic E-state index is 0.201. The lowest BCUT2D eigenvalue weighted by atomic mass is 10.1. The maximum absolute atomic E-state index is 5.28. The Morgan fingerprint density at radius 3 is 2.62 bits per heavy atom. The van der Waals surface area contributed by atoms with Gasteiger partial charge < -0.3 is 9.84 Å². The molecule has 2 aromatic heterocycles. The van der Waals surface area contributed by atoms with Crippen LogP contribution in [0.25, 0.3) is 11.5 Å². The van der Waals surface area contributed by atoms with E-state index in [-0.39, 0.29) is 6.04 Å². The van der Waals surface area contributed by atoms with Gasteiger partial charge in [-0.1, -0.05) is 23.4 Å². The second-order valence-corrected chi connectivity index (χ2v) is 4.76. The fraction of sp³-hybridized carbons (Fsp3) is 0.188. The van der Waals surface area contributed by atoms with Crippen LogP contribution in [0.5, 0.6) is 0 Å². The van der Waals surface area contributed by atoms with Crippen LogP contribution in [-0.2, 0) is 6.54 Å². The molecular formula is C16H16N4O. The Kier molecular flexibility index (Phi) is 4.02. The molecule has 0 radical (unpaired) electrons. The van der Waals surface area contributed by atoms with Crippen LogP contribution >= 0.6 is 0 Å². The molecule has 106 valence electrons. The third-order valence-electron chi connectivity index (χ3n) is 3.26. The first-order valence-corrected chi connectivity index (χ1v) is 6.84. The minimum atomic E-state index is 0.201. The zero-order valence-corrected chi connectivity index (χ0v) is 11.7. The molecule has 0 bridgehead atoms. The summed E-state index contributed by atoms with van der Waals surface area (Å²) >= 11 is 0. The fourth-order valence-electron chi connectivity index (χ4n) is 2.04. The van der Waals surface area contributed by atoms with Crippen molar-refractivity contribution >= 4 is 0 Å². The van der Waals surface area contributed by atoms with Crippen molar-refractivity contribution in [2.75, 3.05) is 0 Å². The quantitative estimate of drug-likeness (QED) is 0.778. The highest BCUT2D eigenvalue weighted by Crippen LogP contribution is 2.16. The Balaban J connectivity index is 1.63. The van der Waals surface area contributed by atoms with Crippen molar-refractivity contribution in [1.82, 2.24) is 20.4 Å². The smallest absolute Gasteiger partial charge is 0.257 e. The first-order chi connectivity index (χ1) is 10.3. The van der Waals surface area contributed by atoms with Gasteiger partial charge >= 0.3 is 0 Å². The van der Waals surface area contributed by atoms with Crippen molar-refractivity contribution < 1.29 is 4.52 Å². The van der Waals surface area contributed by atoms with Gasteiger partial charge in [0.05, 0.1) is 6.54 Å². The van der Waals surface area contributed by atoms with Gasteiger partial charge in [0.2, 0.25) is 0 Å². The summed E-state index contributed by atoms with van der Waals surface area (Å²) in [6.07, 6.45) is 3.57. The van der Waals surface area contributed by atoms with E-state index < -0.39 is 0 Å². The zero-order chi connectivity index (χ0) is 14.5. The van der Waals surface area contributed by atoms with E-state index in [9.17, 15) is 0 Å². The lowest BCUT2D eigenvalue weighted by Crippen LogP contribution is -2.18. The van der Waals surface area contributed by atoms with Crippen molar-refractivity contribution in [2.24, 2.45) is 0 Å². The summed E-state index contributed by atoms with van der Waals surface area (Å²) in [4.78, 5) is 8.41. The number of pyridine rings is 1. The Morgan fingerprint density at radius 2 is 1.86 bits per heavy atom. The molecule has 0 saturated carbocycles. The zero-order valence-electron chi connectivity index (χ0n) is 11.7. The molecule has 1 aromatic carbocycles. The molecule has 2 heterocycles. The largest absolute Gasteiger partial charge is 0.334 e. The maximum atomic E-state index is 5.28. The van der Waals surface area contributed by atoms with E-state index in [0.29, 0.717) is 18.3 Å². The predicted octanol–water partition coefficient (Wildman–Crippen LogP) is 2.98. The molecule has 0 aliphatic heterocycles. The molecule has 5 heteroatoms. The van der Waals surface area contributed by atoms with Crippen LogP contribution in [0.3, 0.4) is 0 Å². The van der Waals surface area contributed by atoms with Crippen molar-refractivity contribution in [3.63, 3.8) is 0 Å². The van der Waals surface area contributed by atoms with Gasteiger partial charge in [-0.05, 0) is 36.8 Å². The van der Waals surface area contributed by atoms with E-state index in [0.717, 1.165) is 5.56 Å². The molecule has 1 atom stereocenters. The third kappa shape index (κ3) is 3.32. The van der Waals surface area contributed by atoms with E-state index in [2.05, 4.69) is 27.4 Å². The minimum Gasteiger partial charge on any atom is -0.334 e. The molecule has 0 aliphatic carbocycles. The van der Waals surface area contributed by atoms with Crippen LogP contribution in [0.2, 0.25) is 0 Å². The Bertz CT molecular complexity index is 682. The lowest BCUT2D eigenvalue weighted by Gasteiger charge is -2.11. The van der Waals surface area contributed by atoms with Crippen LogP contribution in [0, 0.1) is 0 Å². The summed E-state index contributed by atoms with van der Waals surface area (Å²) < 4.78 is 5.28. The molecule has 0 aliphatic rings. The highest BCUT2D eigenvalue weighted by molar-refractivity contribution is 5.51. The van der Waals surface area contributed by atoms with Crippen molar-refractivity contribution in [3.05, 3.63) is 66.2 Å². The number of rotatable bonds is 5. The Morgan fingerprint density at radius 1 is 1.10 bits per heavy atom. The molecule has 1 N–H and O–H groups in total. The molecule has 1 unspecified atom stereocenters. The lowest BCUT2D eigenvalue weighted by molar-refractivity contribution is 0.416. The standard InChI is InChI=1S/C16H16N4O/c1-12(13-7-9-17-10-8-13)18-11-15-19-16(21-20-15)14-5-3-2-4-6-14/h2-10,12,18H,11H2,1H3. The van der Waals surface area contributed by atoms with Gasteiger partial charge in [-0.2, -0.15) is 4.98 Å². The second-order valence-electron chi connectivity index (χ2n) is 4.76. The van der Waals surface area contributed by atoms with Crippen LogP contribution in [0.4, 0.5) is 0 Å². The number of hydrogen-bond donors (Lipinski definition) is 1. The van der Waals surface area contributed by atoms with Gasteiger partial charge in [-0.3, -0.25) is 4.98 Å². The van der Waals surface area contributed by atoms with Crippen molar-refractivity contribution in [1.29, 1.82) is 0 Å². The summed E-state index contributed by atoms with van der Waals surface area (Å²) in [7, 11) is 0. The van der Waals surface area contributed by atoms with Gasteiger partial charge in [0.15, 0.2) is 5.82 Å². The van der Waals surface area contributed by atoms with Gasteiger partial charge in [0, 0.05) is 24.0 Å². The number of nitrogens with zero attached hydrogens (tertiary/aromatic N) is 3. The van der Waals surface area contributed by atoms with E-state index in [1.165, 1.54) is 5.56 Å². The average molecular weight is 280 g/mol. The molecule has 0 amide bonds. The maximum Gasteiger partial charge on any atom is 0.257 e. The first-order valence-electron chi connectivity index (χ1n) is 6.84. The van der Waals surface area contributed by atoms with Gasteiger partial charge in [0.25, 0.3) is 5.89 Å². The SMILES string of the molecule is CC(NCc1noc(-c2ccccc2)n1)c1ccncc1.